The van der Waals surface area contributed by atoms with Gasteiger partial charge in [0, 0.05) is 19.3 Å². The molecule has 9 heteroatoms. The van der Waals surface area contributed by atoms with Crippen LogP contribution in [0.1, 0.15) is 18.9 Å². The lowest BCUT2D eigenvalue weighted by molar-refractivity contribution is -0.112. The topological polar surface area (TPSA) is 113 Å². The number of oxime groups is 1. The number of primary amides is 1. The summed E-state index contributed by atoms with van der Waals surface area (Å²) in [6.07, 6.45) is 0.416. The molecule has 1 amide bonds. The molecule has 0 spiro atoms. The lowest BCUT2D eigenvalue weighted by Gasteiger charge is -2.41. The van der Waals surface area contributed by atoms with Crippen LogP contribution in [0.4, 0.5) is 0 Å². The Labute approximate surface area is 155 Å². The average molecular weight is 386 g/mol. The Kier molecular flexibility index (Phi) is 7.42. The van der Waals surface area contributed by atoms with Crippen LogP contribution in [0, 0.1) is 0 Å². The first-order valence-corrected chi connectivity index (χ1v) is 9.81. The molecule has 0 bridgehead atoms. The second-order valence-corrected chi connectivity index (χ2v) is 8.53. The second kappa shape index (κ2) is 9.33. The van der Waals surface area contributed by atoms with E-state index in [0.29, 0.717) is 30.3 Å². The first-order chi connectivity index (χ1) is 12.4. The Morgan fingerprint density at radius 1 is 1.42 bits per heavy atom. The molecular weight excluding hydrogens is 360 g/mol. The van der Waals surface area contributed by atoms with Crippen molar-refractivity contribution in [2.75, 3.05) is 34.0 Å². The highest BCUT2D eigenvalue weighted by atomic mass is 32.3. The Morgan fingerprint density at radius 2 is 2.12 bits per heavy atom. The van der Waals surface area contributed by atoms with Gasteiger partial charge in [0.05, 0.1) is 30.5 Å². The fourth-order valence-corrected chi connectivity index (χ4v) is 4.72. The van der Waals surface area contributed by atoms with Crippen LogP contribution in [-0.4, -0.2) is 61.6 Å². The summed E-state index contributed by atoms with van der Waals surface area (Å²) < 4.78 is 26.8. The molecule has 1 saturated heterocycles. The first kappa shape index (κ1) is 20.7. The molecule has 0 radical (unpaired) electrons. The SMILES string of the molecule is COC[C@@H](C)O/N=C(/C(N)=O)c1ccc(S(O)(OC)[C@H]2CCOC2)cc1. The minimum Gasteiger partial charge on any atom is -0.390 e. The van der Waals surface area contributed by atoms with Crippen molar-refractivity contribution in [1.29, 1.82) is 0 Å². The van der Waals surface area contributed by atoms with Crippen molar-refractivity contribution in [2.24, 2.45) is 10.9 Å². The predicted molar refractivity (Wildman–Crippen MR) is 99.3 cm³/mol. The number of ether oxygens (including phenoxy) is 2. The van der Waals surface area contributed by atoms with Gasteiger partial charge in [-0.15, -0.1) is 0 Å². The number of hydrogen-bond donors (Lipinski definition) is 2. The van der Waals surface area contributed by atoms with Crippen molar-refractivity contribution in [3.63, 3.8) is 0 Å². The molecule has 146 valence electrons. The molecule has 0 saturated carbocycles. The number of nitrogens with two attached hydrogens (primary N) is 1. The number of nitrogens with zero attached hydrogens (tertiary/aromatic N) is 1. The largest absolute Gasteiger partial charge is 0.390 e. The van der Waals surface area contributed by atoms with E-state index in [4.69, 9.17) is 24.2 Å². The van der Waals surface area contributed by atoms with Gasteiger partial charge in [0.15, 0.2) is 5.71 Å². The van der Waals surface area contributed by atoms with Crippen molar-refractivity contribution >= 4 is 22.2 Å². The third-order valence-corrected chi connectivity index (χ3v) is 6.75. The van der Waals surface area contributed by atoms with Gasteiger partial charge in [-0.3, -0.25) is 13.5 Å². The quantitative estimate of drug-likeness (QED) is 0.495. The summed E-state index contributed by atoms with van der Waals surface area (Å²) in [5.74, 6) is -0.707. The summed E-state index contributed by atoms with van der Waals surface area (Å²) in [6.45, 7) is 3.17. The maximum Gasteiger partial charge on any atom is 0.271 e. The van der Waals surface area contributed by atoms with Crippen LogP contribution >= 0.6 is 10.6 Å². The van der Waals surface area contributed by atoms with Gasteiger partial charge in [0.1, 0.15) is 6.10 Å². The molecule has 2 rings (SSSR count). The molecule has 1 aromatic rings. The molecular formula is C17H26N2O6S. The van der Waals surface area contributed by atoms with Crippen LogP contribution in [0.2, 0.25) is 0 Å². The molecule has 3 atom stereocenters. The molecule has 1 unspecified atom stereocenters. The average Bonchev–Trinajstić information content (AvgIpc) is 3.17. The number of benzene rings is 1. The fourth-order valence-electron chi connectivity index (χ4n) is 2.65. The van der Waals surface area contributed by atoms with Gasteiger partial charge in [-0.25, -0.2) is 0 Å². The lowest BCUT2D eigenvalue weighted by atomic mass is 10.1. The minimum atomic E-state index is -2.46. The monoisotopic (exact) mass is 386 g/mol. The number of rotatable bonds is 9. The van der Waals surface area contributed by atoms with E-state index in [-0.39, 0.29) is 17.1 Å². The number of carbonyl (C=O) groups is 1. The van der Waals surface area contributed by atoms with E-state index in [1.807, 2.05) is 0 Å². The number of amides is 1. The summed E-state index contributed by atoms with van der Waals surface area (Å²) in [5.41, 5.74) is 5.90. The van der Waals surface area contributed by atoms with Gasteiger partial charge < -0.3 is 20.0 Å². The third-order valence-electron chi connectivity index (χ3n) is 4.02. The van der Waals surface area contributed by atoms with Crippen molar-refractivity contribution in [1.82, 2.24) is 0 Å². The summed E-state index contributed by atoms with van der Waals surface area (Å²) in [5, 5.41) is 3.77. The Balaban J connectivity index is 2.22. The van der Waals surface area contributed by atoms with E-state index in [1.165, 1.54) is 7.11 Å². The molecule has 3 N–H and O–H groups in total. The summed E-state index contributed by atoms with van der Waals surface area (Å²) in [6, 6.07) is 6.75. The highest BCUT2D eigenvalue weighted by Gasteiger charge is 2.33. The molecule has 0 aromatic heterocycles. The van der Waals surface area contributed by atoms with Crippen molar-refractivity contribution in [3.8, 4) is 0 Å². The van der Waals surface area contributed by atoms with Gasteiger partial charge in [0.25, 0.3) is 5.91 Å². The maximum atomic E-state index is 11.7. The zero-order valence-electron chi connectivity index (χ0n) is 15.2. The van der Waals surface area contributed by atoms with Crippen molar-refractivity contribution in [2.45, 2.75) is 29.6 Å². The van der Waals surface area contributed by atoms with Crippen LogP contribution < -0.4 is 5.73 Å². The van der Waals surface area contributed by atoms with Gasteiger partial charge in [-0.1, -0.05) is 17.3 Å². The van der Waals surface area contributed by atoms with E-state index in [0.717, 1.165) is 6.42 Å². The summed E-state index contributed by atoms with van der Waals surface area (Å²) in [4.78, 5) is 17.6. The molecule has 1 heterocycles. The highest BCUT2D eigenvalue weighted by Crippen LogP contribution is 2.58. The van der Waals surface area contributed by atoms with Crippen LogP contribution in [0.3, 0.4) is 0 Å². The predicted octanol–water partition coefficient (Wildman–Crippen LogP) is 1.91. The smallest absolute Gasteiger partial charge is 0.271 e. The standard InChI is InChI=1S/C17H26N2O6S/c1-12(10-22-2)25-19-16(17(18)20)13-4-6-14(7-5-13)26(21,23-3)15-8-9-24-11-15/h4-7,12,15,21H,8-11H2,1-3H3,(H2,18,20)/b19-16+/t12-,15+/m1/s1. The minimum absolute atomic E-state index is 0.000315. The number of hydrogen-bond acceptors (Lipinski definition) is 7. The summed E-state index contributed by atoms with van der Waals surface area (Å²) in [7, 11) is 0.578. The van der Waals surface area contributed by atoms with Crippen LogP contribution in [0.25, 0.3) is 0 Å². The first-order valence-electron chi connectivity index (χ1n) is 8.23. The zero-order valence-corrected chi connectivity index (χ0v) is 16.0. The molecule has 26 heavy (non-hydrogen) atoms. The van der Waals surface area contributed by atoms with Gasteiger partial charge in [-0.05, 0) is 25.5 Å². The molecule has 1 aliphatic rings. The lowest BCUT2D eigenvalue weighted by Crippen LogP contribution is -2.26. The normalized spacial score (nSPS) is 22.5. The Morgan fingerprint density at radius 3 is 2.62 bits per heavy atom. The van der Waals surface area contributed by atoms with Gasteiger partial charge >= 0.3 is 0 Å². The second-order valence-electron chi connectivity index (χ2n) is 5.92. The van der Waals surface area contributed by atoms with E-state index < -0.39 is 16.5 Å². The van der Waals surface area contributed by atoms with E-state index in [1.54, 1.807) is 38.3 Å². The van der Waals surface area contributed by atoms with Crippen LogP contribution in [0.15, 0.2) is 34.3 Å². The van der Waals surface area contributed by atoms with Crippen molar-refractivity contribution in [3.05, 3.63) is 29.8 Å². The molecule has 1 aliphatic heterocycles. The van der Waals surface area contributed by atoms with E-state index >= 15 is 0 Å². The zero-order chi connectivity index (χ0) is 19.2. The third kappa shape index (κ3) is 4.74. The summed E-state index contributed by atoms with van der Waals surface area (Å²) >= 11 is 0. The van der Waals surface area contributed by atoms with Crippen molar-refractivity contribution < 1.29 is 27.8 Å². The Hall–Kier alpha value is -1.65. The Bertz CT molecular complexity index is 633. The number of methoxy groups -OCH3 is 1. The fraction of sp³-hybridized carbons (Fsp3) is 0.529. The molecule has 8 nitrogen and oxygen atoms in total. The molecule has 0 aliphatic carbocycles. The van der Waals surface area contributed by atoms with E-state index in [9.17, 15) is 9.35 Å². The van der Waals surface area contributed by atoms with Crippen LogP contribution in [-0.2, 0) is 23.3 Å². The molecule has 1 aromatic carbocycles. The van der Waals surface area contributed by atoms with Gasteiger partial charge in [-0.2, -0.15) is 10.6 Å². The maximum absolute atomic E-state index is 11.7. The molecule has 1 fully saturated rings. The van der Waals surface area contributed by atoms with Gasteiger partial charge in [0.2, 0.25) is 0 Å². The van der Waals surface area contributed by atoms with E-state index in [2.05, 4.69) is 5.16 Å². The van der Waals surface area contributed by atoms with Crippen LogP contribution in [0.5, 0.6) is 0 Å². The highest BCUT2D eigenvalue weighted by molar-refractivity contribution is 8.25. The number of carbonyl (C=O) groups excluding carboxylic acids is 1.